The molecule has 1 heterocycles. The zero-order chi connectivity index (χ0) is 28.2. The average molecular weight is 557 g/mol. The number of phenols is 1. The molecule has 1 amide bonds. The maximum atomic E-state index is 13.7. The van der Waals surface area contributed by atoms with Crippen molar-refractivity contribution in [3.63, 3.8) is 0 Å². The summed E-state index contributed by atoms with van der Waals surface area (Å²) in [6.45, 7) is 3.75. The number of hydrogen-bond acceptors (Lipinski definition) is 7. The molecule has 0 saturated carbocycles. The summed E-state index contributed by atoms with van der Waals surface area (Å²) in [6, 6.07) is 24.7. The van der Waals surface area contributed by atoms with Gasteiger partial charge in [-0.15, -0.1) is 0 Å². The molecule has 7 nitrogen and oxygen atoms in total. The number of carbonyl (C=O) groups excluding carboxylic acids is 1. The van der Waals surface area contributed by atoms with Gasteiger partial charge in [0.2, 0.25) is 0 Å². The first-order valence-electron chi connectivity index (χ1n) is 12.3. The van der Waals surface area contributed by atoms with Crippen molar-refractivity contribution in [2.45, 2.75) is 12.0 Å². The molecule has 4 aromatic carbocycles. The Kier molecular flexibility index (Phi) is 7.75. The summed E-state index contributed by atoms with van der Waals surface area (Å²) < 4.78 is 25.5. The number of aliphatic hydroxyl groups excluding tert-OH is 1. The zero-order valence-corrected chi connectivity index (χ0v) is 22.3. The quantitative estimate of drug-likeness (QED) is 0.230. The zero-order valence-electron chi connectivity index (χ0n) is 21.5. The normalized spacial score (nSPS) is 14.5. The minimum Gasteiger partial charge on any atom is -0.508 e. The summed E-state index contributed by atoms with van der Waals surface area (Å²) in [5.41, 5.74) is 2.75. The van der Waals surface area contributed by atoms with Gasteiger partial charge in [0.15, 0.2) is 11.5 Å². The summed E-state index contributed by atoms with van der Waals surface area (Å²) in [7, 11) is 1.51. The maximum absolute atomic E-state index is 13.7. The molecule has 4 aromatic rings. The summed E-state index contributed by atoms with van der Waals surface area (Å²) in [5.74, 6) is -0.245. The molecule has 1 unspecified atom stereocenters. The number of amides is 1. The highest BCUT2D eigenvalue weighted by Crippen LogP contribution is 2.48. The van der Waals surface area contributed by atoms with Crippen molar-refractivity contribution in [1.29, 1.82) is 0 Å². The van der Waals surface area contributed by atoms with Crippen LogP contribution in [0.25, 0.3) is 5.76 Å². The Balaban J connectivity index is 1.50. The fraction of sp³-hybridized carbons (Fsp3) is 0.0968. The first kappa shape index (κ1) is 26.8. The summed E-state index contributed by atoms with van der Waals surface area (Å²) in [4.78, 5) is 13.7. The van der Waals surface area contributed by atoms with E-state index in [0.29, 0.717) is 33.2 Å². The Morgan fingerprint density at radius 2 is 1.80 bits per heavy atom. The molecule has 0 fully saturated rings. The Morgan fingerprint density at radius 3 is 2.52 bits per heavy atom. The number of methoxy groups -OCH3 is 1. The highest BCUT2D eigenvalue weighted by molar-refractivity contribution is 8.14. The standard InChI is InChI=1S/C31H25FN2O5S/c1-19(35)22-8-5-7-20(17-22)18-39-27-12-6-10-25(28(27)38-2)31-34(30(37)24-9-3-4-11-26(24)36)33-29(40-31)21-13-15-23(32)16-14-21/h3-17,31,35-36H,1,18H2,2H3. The number of thioether (sulfide) groups is 1. The highest BCUT2D eigenvalue weighted by atomic mass is 32.2. The van der Waals surface area contributed by atoms with E-state index in [0.717, 1.165) is 5.56 Å². The van der Waals surface area contributed by atoms with E-state index in [1.54, 1.807) is 54.6 Å². The molecule has 202 valence electrons. The molecular weight excluding hydrogens is 531 g/mol. The number of rotatable bonds is 8. The second-order valence-electron chi connectivity index (χ2n) is 8.86. The monoisotopic (exact) mass is 556 g/mol. The number of halogens is 1. The molecule has 1 atom stereocenters. The Morgan fingerprint density at radius 1 is 1.05 bits per heavy atom. The second kappa shape index (κ2) is 11.5. The Bertz CT molecular complexity index is 1610. The molecular formula is C31H25FN2O5S. The van der Waals surface area contributed by atoms with Crippen LogP contribution in [0.15, 0.2) is 103 Å². The minimum absolute atomic E-state index is 0.0362. The fourth-order valence-electron chi connectivity index (χ4n) is 4.23. The number of benzene rings is 4. The molecule has 0 aliphatic carbocycles. The van der Waals surface area contributed by atoms with Crippen molar-refractivity contribution < 1.29 is 28.9 Å². The van der Waals surface area contributed by atoms with E-state index < -0.39 is 11.3 Å². The summed E-state index contributed by atoms with van der Waals surface area (Å²) >= 11 is 1.30. The molecule has 0 spiro atoms. The molecule has 0 bridgehead atoms. The van der Waals surface area contributed by atoms with Gasteiger partial charge in [0.25, 0.3) is 5.91 Å². The molecule has 1 aliphatic rings. The van der Waals surface area contributed by atoms with Crippen LogP contribution in [0.2, 0.25) is 0 Å². The third-order valence-corrected chi connectivity index (χ3v) is 7.43. The number of nitrogens with zero attached hydrogens (tertiary/aromatic N) is 2. The predicted molar refractivity (Wildman–Crippen MR) is 153 cm³/mol. The number of hydrazone groups is 1. The lowest BCUT2D eigenvalue weighted by molar-refractivity contribution is 0.0744. The van der Waals surface area contributed by atoms with Crippen LogP contribution in [0, 0.1) is 5.82 Å². The molecule has 1 aliphatic heterocycles. The largest absolute Gasteiger partial charge is 0.508 e. The van der Waals surface area contributed by atoms with Gasteiger partial charge in [-0.1, -0.05) is 60.8 Å². The van der Waals surface area contributed by atoms with Gasteiger partial charge in [0, 0.05) is 16.7 Å². The molecule has 40 heavy (non-hydrogen) atoms. The number of hydrogen-bond donors (Lipinski definition) is 2. The van der Waals surface area contributed by atoms with Crippen molar-refractivity contribution in [1.82, 2.24) is 5.01 Å². The number of phenolic OH excluding ortho intramolecular Hbond substituents is 1. The first-order valence-corrected chi connectivity index (χ1v) is 13.1. The van der Waals surface area contributed by atoms with E-state index in [2.05, 4.69) is 11.7 Å². The van der Waals surface area contributed by atoms with Crippen LogP contribution in [0.1, 0.15) is 38.0 Å². The van der Waals surface area contributed by atoms with Gasteiger partial charge in [0.05, 0.1) is 12.7 Å². The number of carbonyl (C=O) groups is 1. The van der Waals surface area contributed by atoms with Gasteiger partial charge in [-0.3, -0.25) is 4.79 Å². The van der Waals surface area contributed by atoms with E-state index >= 15 is 0 Å². The maximum Gasteiger partial charge on any atom is 0.279 e. The molecule has 9 heteroatoms. The van der Waals surface area contributed by atoms with Crippen molar-refractivity contribution in [3.8, 4) is 17.2 Å². The average Bonchev–Trinajstić information content (AvgIpc) is 3.41. The molecule has 0 radical (unpaired) electrons. The Hall–Kier alpha value is -4.76. The van der Waals surface area contributed by atoms with Crippen LogP contribution in [-0.2, 0) is 6.61 Å². The van der Waals surface area contributed by atoms with Gasteiger partial charge >= 0.3 is 0 Å². The van der Waals surface area contributed by atoms with Crippen LogP contribution in [-0.4, -0.2) is 33.3 Å². The SMILES string of the molecule is C=C(O)c1cccc(COc2cccc(C3SC(c4ccc(F)cc4)=NN3C(=O)c3ccccc3O)c2OC)c1. The van der Waals surface area contributed by atoms with E-state index in [1.807, 2.05) is 12.1 Å². The van der Waals surface area contributed by atoms with E-state index in [4.69, 9.17) is 9.47 Å². The second-order valence-corrected chi connectivity index (χ2v) is 9.93. The topological polar surface area (TPSA) is 91.6 Å². The molecule has 5 rings (SSSR count). The van der Waals surface area contributed by atoms with E-state index in [-0.39, 0.29) is 29.5 Å². The van der Waals surface area contributed by atoms with Crippen LogP contribution in [0.3, 0.4) is 0 Å². The predicted octanol–water partition coefficient (Wildman–Crippen LogP) is 6.90. The van der Waals surface area contributed by atoms with Gasteiger partial charge in [0.1, 0.15) is 34.4 Å². The Labute approximate surface area is 234 Å². The van der Waals surface area contributed by atoms with Crippen LogP contribution in [0.5, 0.6) is 17.2 Å². The highest BCUT2D eigenvalue weighted by Gasteiger charge is 2.37. The van der Waals surface area contributed by atoms with Crippen molar-refractivity contribution >= 4 is 28.5 Å². The van der Waals surface area contributed by atoms with Crippen molar-refractivity contribution in [2.24, 2.45) is 5.10 Å². The smallest absolute Gasteiger partial charge is 0.279 e. The third-order valence-electron chi connectivity index (χ3n) is 6.21. The minimum atomic E-state index is -0.674. The first-order chi connectivity index (χ1) is 19.4. The third kappa shape index (κ3) is 5.50. The number of para-hydroxylation sites is 2. The van der Waals surface area contributed by atoms with E-state index in [1.165, 1.54) is 48.1 Å². The molecule has 0 aromatic heterocycles. The van der Waals surface area contributed by atoms with Gasteiger partial charge in [-0.05, 0) is 54.1 Å². The lowest BCUT2D eigenvalue weighted by atomic mass is 10.1. The lowest BCUT2D eigenvalue weighted by Gasteiger charge is -2.24. The van der Waals surface area contributed by atoms with Gasteiger partial charge in [-0.2, -0.15) is 5.10 Å². The summed E-state index contributed by atoms with van der Waals surface area (Å²) in [5, 5.41) is 25.8. The summed E-state index contributed by atoms with van der Waals surface area (Å²) in [6.07, 6.45) is 0. The van der Waals surface area contributed by atoms with Gasteiger partial charge < -0.3 is 19.7 Å². The lowest BCUT2D eigenvalue weighted by Crippen LogP contribution is -2.26. The van der Waals surface area contributed by atoms with Crippen LogP contribution >= 0.6 is 11.8 Å². The van der Waals surface area contributed by atoms with E-state index in [9.17, 15) is 19.4 Å². The van der Waals surface area contributed by atoms with Crippen molar-refractivity contribution in [2.75, 3.05) is 7.11 Å². The number of aromatic hydroxyl groups is 1. The molecule has 0 saturated heterocycles. The fourth-order valence-corrected chi connectivity index (χ4v) is 5.41. The van der Waals surface area contributed by atoms with Crippen LogP contribution < -0.4 is 9.47 Å². The number of ether oxygens (including phenoxy) is 2. The van der Waals surface area contributed by atoms with Gasteiger partial charge in [-0.25, -0.2) is 9.40 Å². The number of aliphatic hydroxyl groups is 1. The van der Waals surface area contributed by atoms with Crippen molar-refractivity contribution in [3.05, 3.63) is 131 Å². The van der Waals surface area contributed by atoms with Crippen LogP contribution in [0.4, 0.5) is 4.39 Å². The molecule has 2 N–H and O–H groups in total.